The van der Waals surface area contributed by atoms with E-state index in [4.69, 9.17) is 0 Å². The van der Waals surface area contributed by atoms with Crippen molar-refractivity contribution in [3.63, 3.8) is 0 Å². The fourth-order valence-corrected chi connectivity index (χ4v) is 3.66. The van der Waals surface area contributed by atoms with Crippen LogP contribution in [0.2, 0.25) is 0 Å². The van der Waals surface area contributed by atoms with Crippen molar-refractivity contribution in [3.05, 3.63) is 92.2 Å². The Morgan fingerprint density at radius 1 is 1.11 bits per heavy atom. The lowest BCUT2D eigenvalue weighted by Crippen LogP contribution is -2.31. The monoisotopic (exact) mass is 381 g/mol. The van der Waals surface area contributed by atoms with Gasteiger partial charge in [-0.25, -0.2) is 0 Å². The van der Waals surface area contributed by atoms with E-state index in [2.05, 4.69) is 10.6 Å². The van der Waals surface area contributed by atoms with E-state index in [0.717, 1.165) is 10.4 Å². The average Bonchev–Trinajstić information content (AvgIpc) is 3.18. The molecule has 1 aromatic heterocycles. The molecule has 2 aromatic carbocycles. The predicted octanol–water partition coefficient (Wildman–Crippen LogP) is 4.28. The van der Waals surface area contributed by atoms with Crippen molar-refractivity contribution < 1.29 is 9.72 Å². The highest BCUT2D eigenvalue weighted by molar-refractivity contribution is 7.10. The molecule has 1 amide bonds. The lowest BCUT2D eigenvalue weighted by atomic mass is 10.1. The number of para-hydroxylation sites is 1. The third-order valence-corrected chi connectivity index (χ3v) is 5.08. The summed E-state index contributed by atoms with van der Waals surface area (Å²) in [7, 11) is 0. The highest BCUT2D eigenvalue weighted by Gasteiger charge is 2.19. The van der Waals surface area contributed by atoms with Gasteiger partial charge in [0.05, 0.1) is 17.5 Å². The van der Waals surface area contributed by atoms with Gasteiger partial charge in [-0.15, -0.1) is 11.3 Å². The summed E-state index contributed by atoms with van der Waals surface area (Å²) < 4.78 is 0. The Balaban J connectivity index is 1.74. The van der Waals surface area contributed by atoms with Gasteiger partial charge in [0.25, 0.3) is 5.69 Å². The van der Waals surface area contributed by atoms with E-state index in [0.29, 0.717) is 5.56 Å². The Kier molecular flexibility index (Phi) is 5.95. The van der Waals surface area contributed by atoms with Crippen LogP contribution in [0.25, 0.3) is 0 Å². The second-order valence-electron chi connectivity index (χ2n) is 6.01. The molecule has 0 saturated heterocycles. The molecular weight excluding hydrogens is 362 g/mol. The second-order valence-corrected chi connectivity index (χ2v) is 6.99. The van der Waals surface area contributed by atoms with Gasteiger partial charge < -0.3 is 5.32 Å². The van der Waals surface area contributed by atoms with Crippen LogP contribution in [0, 0.1) is 17.0 Å². The van der Waals surface area contributed by atoms with Crippen molar-refractivity contribution in [3.8, 4) is 0 Å². The second kappa shape index (κ2) is 8.57. The number of benzene rings is 2. The fraction of sp³-hybridized carbons (Fsp3) is 0.150. The summed E-state index contributed by atoms with van der Waals surface area (Å²) in [4.78, 5) is 24.3. The largest absolute Gasteiger partial charge is 0.319 e. The first-order valence-corrected chi connectivity index (χ1v) is 9.30. The van der Waals surface area contributed by atoms with Crippen LogP contribution < -0.4 is 10.6 Å². The number of carbonyl (C=O) groups is 1. The minimum absolute atomic E-state index is 0.0307. The SMILES string of the molecule is Cc1cccc([N+](=O)[O-])c1NC(=O)CN[C@H](c1ccccc1)c1cccs1. The van der Waals surface area contributed by atoms with Crippen molar-refractivity contribution in [2.45, 2.75) is 13.0 Å². The molecule has 0 aliphatic heterocycles. The summed E-state index contributed by atoms with van der Waals surface area (Å²) in [5, 5.41) is 19.1. The Morgan fingerprint density at radius 2 is 1.89 bits per heavy atom. The standard InChI is InChI=1S/C20H19N3O3S/c1-14-7-5-10-16(23(25)26)19(14)22-18(24)13-21-20(17-11-6-12-27-17)15-8-3-2-4-9-15/h2-12,20-21H,13H2,1H3,(H,22,24)/t20-/m1/s1. The maximum atomic E-state index is 12.5. The highest BCUT2D eigenvalue weighted by atomic mass is 32.1. The number of thiophene rings is 1. The van der Waals surface area contributed by atoms with E-state index in [9.17, 15) is 14.9 Å². The number of aryl methyl sites for hydroxylation is 1. The zero-order chi connectivity index (χ0) is 19.2. The molecule has 1 heterocycles. The van der Waals surface area contributed by atoms with Gasteiger partial charge in [-0.2, -0.15) is 0 Å². The first kappa shape index (κ1) is 18.8. The molecule has 138 valence electrons. The van der Waals surface area contributed by atoms with Gasteiger partial charge in [0.2, 0.25) is 5.91 Å². The third kappa shape index (κ3) is 4.58. The van der Waals surface area contributed by atoms with Crippen molar-refractivity contribution in [1.82, 2.24) is 5.32 Å². The summed E-state index contributed by atoms with van der Waals surface area (Å²) in [5.41, 5.74) is 1.83. The van der Waals surface area contributed by atoms with E-state index in [1.165, 1.54) is 6.07 Å². The van der Waals surface area contributed by atoms with Crippen molar-refractivity contribution >= 4 is 28.6 Å². The molecular formula is C20H19N3O3S. The number of nitrogens with zero attached hydrogens (tertiary/aromatic N) is 1. The lowest BCUT2D eigenvalue weighted by molar-refractivity contribution is -0.384. The topological polar surface area (TPSA) is 84.3 Å². The summed E-state index contributed by atoms with van der Waals surface area (Å²) in [5.74, 6) is -0.329. The lowest BCUT2D eigenvalue weighted by Gasteiger charge is -2.18. The normalized spacial score (nSPS) is 11.7. The fourth-order valence-electron chi connectivity index (χ4n) is 2.83. The van der Waals surface area contributed by atoms with Gasteiger partial charge in [-0.05, 0) is 29.5 Å². The number of amides is 1. The van der Waals surface area contributed by atoms with Crippen LogP contribution in [-0.2, 0) is 4.79 Å². The Hall–Kier alpha value is -3.03. The molecule has 0 fully saturated rings. The van der Waals surface area contributed by atoms with E-state index >= 15 is 0 Å². The molecule has 3 rings (SSSR count). The Morgan fingerprint density at radius 3 is 2.56 bits per heavy atom. The van der Waals surface area contributed by atoms with E-state index in [1.54, 1.807) is 30.4 Å². The van der Waals surface area contributed by atoms with Crippen LogP contribution in [0.3, 0.4) is 0 Å². The molecule has 0 bridgehead atoms. The maximum Gasteiger partial charge on any atom is 0.293 e. The molecule has 0 spiro atoms. The Labute approximate surface area is 161 Å². The molecule has 0 unspecified atom stereocenters. The van der Waals surface area contributed by atoms with Crippen LogP contribution in [0.4, 0.5) is 11.4 Å². The zero-order valence-corrected chi connectivity index (χ0v) is 15.5. The molecule has 0 saturated carbocycles. The number of anilines is 1. The molecule has 6 nitrogen and oxygen atoms in total. The van der Waals surface area contributed by atoms with E-state index < -0.39 is 4.92 Å². The maximum absolute atomic E-state index is 12.5. The minimum atomic E-state index is -0.492. The van der Waals surface area contributed by atoms with Crippen LogP contribution in [0.15, 0.2) is 66.0 Å². The quantitative estimate of drug-likeness (QED) is 0.472. The number of hydrogen-bond donors (Lipinski definition) is 2. The number of nitrogens with one attached hydrogen (secondary N) is 2. The van der Waals surface area contributed by atoms with Crippen molar-refractivity contribution in [1.29, 1.82) is 0 Å². The average molecular weight is 381 g/mol. The van der Waals surface area contributed by atoms with Gasteiger partial charge in [-0.1, -0.05) is 48.5 Å². The van der Waals surface area contributed by atoms with Crippen LogP contribution in [0.5, 0.6) is 0 Å². The van der Waals surface area contributed by atoms with Gasteiger partial charge in [0, 0.05) is 10.9 Å². The first-order chi connectivity index (χ1) is 13.1. The van der Waals surface area contributed by atoms with Crippen LogP contribution >= 0.6 is 11.3 Å². The van der Waals surface area contributed by atoms with Crippen molar-refractivity contribution in [2.24, 2.45) is 0 Å². The number of hydrogen-bond acceptors (Lipinski definition) is 5. The molecule has 3 aromatic rings. The molecule has 27 heavy (non-hydrogen) atoms. The first-order valence-electron chi connectivity index (χ1n) is 8.42. The molecule has 1 atom stereocenters. The highest BCUT2D eigenvalue weighted by Crippen LogP contribution is 2.28. The molecule has 7 heteroatoms. The molecule has 0 aliphatic rings. The molecule has 0 aliphatic carbocycles. The number of nitro benzene ring substituents is 1. The molecule has 2 N–H and O–H groups in total. The number of carbonyl (C=O) groups excluding carboxylic acids is 1. The number of rotatable bonds is 7. The minimum Gasteiger partial charge on any atom is -0.319 e. The van der Waals surface area contributed by atoms with Gasteiger partial charge >= 0.3 is 0 Å². The van der Waals surface area contributed by atoms with Crippen molar-refractivity contribution in [2.75, 3.05) is 11.9 Å². The summed E-state index contributed by atoms with van der Waals surface area (Å²) in [6.07, 6.45) is 0. The molecule has 0 radical (unpaired) electrons. The zero-order valence-electron chi connectivity index (χ0n) is 14.7. The van der Waals surface area contributed by atoms with Gasteiger partial charge in [-0.3, -0.25) is 20.2 Å². The van der Waals surface area contributed by atoms with E-state index in [1.807, 2.05) is 47.8 Å². The summed E-state index contributed by atoms with van der Waals surface area (Å²) in [6.45, 7) is 1.76. The number of nitro groups is 1. The van der Waals surface area contributed by atoms with Gasteiger partial charge in [0.1, 0.15) is 5.69 Å². The van der Waals surface area contributed by atoms with E-state index in [-0.39, 0.29) is 29.9 Å². The van der Waals surface area contributed by atoms with Gasteiger partial charge in [0.15, 0.2) is 0 Å². The smallest absolute Gasteiger partial charge is 0.293 e. The summed E-state index contributed by atoms with van der Waals surface area (Å²) in [6, 6.07) is 18.4. The summed E-state index contributed by atoms with van der Waals surface area (Å²) >= 11 is 1.61. The third-order valence-electron chi connectivity index (χ3n) is 4.14. The van der Waals surface area contributed by atoms with Crippen LogP contribution in [0.1, 0.15) is 22.0 Å². The van der Waals surface area contributed by atoms with Crippen LogP contribution in [-0.4, -0.2) is 17.4 Å². The Bertz CT molecular complexity index is 927. The predicted molar refractivity (Wildman–Crippen MR) is 107 cm³/mol.